The molecule has 4 heteroatoms. The molecule has 1 aromatic heterocycles. The van der Waals surface area contributed by atoms with E-state index in [1.165, 1.54) is 0 Å². The number of thiazole rings is 1. The molecule has 0 amide bonds. The number of fused-ring (bicyclic) bond motifs is 1. The van der Waals surface area contributed by atoms with Crippen molar-refractivity contribution in [3.63, 3.8) is 0 Å². The molecule has 1 aromatic carbocycles. The number of nitrogens with zero attached hydrogens (tertiary/aromatic N) is 1. The van der Waals surface area contributed by atoms with E-state index in [-0.39, 0.29) is 5.97 Å². The molecule has 0 saturated heterocycles. The van der Waals surface area contributed by atoms with E-state index in [0.717, 1.165) is 15.2 Å². The Hall–Kier alpha value is -1.42. The number of ether oxygens (including phenoxy) is 1. The quantitative estimate of drug-likeness (QED) is 0.795. The van der Waals surface area contributed by atoms with Crippen molar-refractivity contribution in [3.05, 3.63) is 29.3 Å². The van der Waals surface area contributed by atoms with Gasteiger partial charge < -0.3 is 4.74 Å². The van der Waals surface area contributed by atoms with Crippen molar-refractivity contribution in [3.8, 4) is 0 Å². The summed E-state index contributed by atoms with van der Waals surface area (Å²) in [5, 5.41) is 0.988. The third kappa shape index (κ3) is 3.53. The molecule has 1 heterocycles. The number of benzene rings is 1. The number of carbonyl (C=O) groups excluding carboxylic acids is 1. The highest BCUT2D eigenvalue weighted by molar-refractivity contribution is 7.18. The van der Waals surface area contributed by atoms with Gasteiger partial charge in [-0.05, 0) is 32.9 Å². The van der Waals surface area contributed by atoms with Crippen LogP contribution in [0.25, 0.3) is 10.2 Å². The first kappa shape index (κ1) is 13.0. The van der Waals surface area contributed by atoms with Gasteiger partial charge in [-0.25, -0.2) is 4.98 Å². The second kappa shape index (κ2) is 5.06. The Morgan fingerprint density at radius 2 is 2.06 bits per heavy atom. The lowest BCUT2D eigenvalue weighted by molar-refractivity contribution is -0.154. The molecule has 0 spiro atoms. The fraction of sp³-hybridized carbons (Fsp3) is 0.429. The number of aryl methyl sites for hydroxylation is 1. The van der Waals surface area contributed by atoms with Crippen molar-refractivity contribution in [2.45, 2.75) is 39.2 Å². The Bertz CT molecular complexity index is 521. The number of rotatable bonds is 3. The topological polar surface area (TPSA) is 39.2 Å². The van der Waals surface area contributed by atoms with E-state index < -0.39 is 5.60 Å². The van der Waals surface area contributed by atoms with Crippen LogP contribution in [0.1, 0.15) is 32.2 Å². The van der Waals surface area contributed by atoms with Gasteiger partial charge in [0.25, 0.3) is 0 Å². The lowest BCUT2D eigenvalue weighted by Gasteiger charge is -2.19. The van der Waals surface area contributed by atoms with Crippen LogP contribution in [0.2, 0.25) is 0 Å². The fourth-order valence-electron chi connectivity index (χ4n) is 1.63. The van der Waals surface area contributed by atoms with Crippen molar-refractivity contribution in [2.75, 3.05) is 0 Å². The first-order valence-corrected chi connectivity index (χ1v) is 6.82. The zero-order valence-electron chi connectivity index (χ0n) is 10.9. The summed E-state index contributed by atoms with van der Waals surface area (Å²) >= 11 is 1.64. The number of para-hydroxylation sites is 1. The Morgan fingerprint density at radius 3 is 2.72 bits per heavy atom. The maximum absolute atomic E-state index is 11.6. The molecule has 2 rings (SSSR count). The lowest BCUT2D eigenvalue weighted by Crippen LogP contribution is -2.23. The smallest absolute Gasteiger partial charge is 0.306 e. The predicted molar refractivity (Wildman–Crippen MR) is 73.8 cm³/mol. The van der Waals surface area contributed by atoms with E-state index in [9.17, 15) is 4.79 Å². The fourth-order valence-corrected chi connectivity index (χ4v) is 2.60. The average Bonchev–Trinajstić information content (AvgIpc) is 2.66. The first-order chi connectivity index (χ1) is 8.44. The van der Waals surface area contributed by atoms with Gasteiger partial charge in [0.1, 0.15) is 5.60 Å². The number of hydrogen-bond donors (Lipinski definition) is 0. The van der Waals surface area contributed by atoms with E-state index in [4.69, 9.17) is 4.74 Å². The highest BCUT2D eigenvalue weighted by atomic mass is 32.1. The highest BCUT2D eigenvalue weighted by Gasteiger charge is 2.16. The number of hydrogen-bond acceptors (Lipinski definition) is 4. The van der Waals surface area contributed by atoms with Gasteiger partial charge in [-0.2, -0.15) is 0 Å². The van der Waals surface area contributed by atoms with Crippen molar-refractivity contribution in [2.24, 2.45) is 0 Å². The number of aromatic nitrogens is 1. The molecule has 0 N–H and O–H groups in total. The van der Waals surface area contributed by atoms with Gasteiger partial charge in [0.15, 0.2) is 0 Å². The van der Waals surface area contributed by atoms with Crippen LogP contribution in [0, 0.1) is 0 Å². The van der Waals surface area contributed by atoms with Gasteiger partial charge in [-0.3, -0.25) is 4.79 Å². The summed E-state index contributed by atoms with van der Waals surface area (Å²) in [4.78, 5) is 16.1. The van der Waals surface area contributed by atoms with Crippen molar-refractivity contribution >= 4 is 27.5 Å². The summed E-state index contributed by atoms with van der Waals surface area (Å²) < 4.78 is 6.44. The van der Waals surface area contributed by atoms with Crippen LogP contribution in [0.3, 0.4) is 0 Å². The minimum Gasteiger partial charge on any atom is -0.460 e. The molecule has 18 heavy (non-hydrogen) atoms. The van der Waals surface area contributed by atoms with Gasteiger partial charge in [0.05, 0.1) is 21.6 Å². The highest BCUT2D eigenvalue weighted by Crippen LogP contribution is 2.22. The van der Waals surface area contributed by atoms with Crippen molar-refractivity contribution < 1.29 is 9.53 Å². The van der Waals surface area contributed by atoms with E-state index in [1.54, 1.807) is 11.3 Å². The Balaban J connectivity index is 1.96. The average molecular weight is 263 g/mol. The molecule has 2 aromatic rings. The van der Waals surface area contributed by atoms with Crippen LogP contribution in [-0.2, 0) is 16.0 Å². The number of carbonyl (C=O) groups is 1. The van der Waals surface area contributed by atoms with E-state index in [2.05, 4.69) is 4.98 Å². The molecule has 0 unspecified atom stereocenters. The summed E-state index contributed by atoms with van der Waals surface area (Å²) in [5.41, 5.74) is 0.590. The molecule has 0 bridgehead atoms. The summed E-state index contributed by atoms with van der Waals surface area (Å²) in [5.74, 6) is -0.165. The van der Waals surface area contributed by atoms with Gasteiger partial charge >= 0.3 is 5.97 Å². The summed E-state index contributed by atoms with van der Waals surface area (Å²) in [6.45, 7) is 5.63. The molecule has 0 atom stereocenters. The Morgan fingerprint density at radius 1 is 1.33 bits per heavy atom. The Labute approximate surface area is 111 Å². The predicted octanol–water partition coefficient (Wildman–Crippen LogP) is 3.57. The Kier molecular flexibility index (Phi) is 3.66. The van der Waals surface area contributed by atoms with Gasteiger partial charge in [-0.1, -0.05) is 12.1 Å². The van der Waals surface area contributed by atoms with Gasteiger partial charge in [0, 0.05) is 6.42 Å². The largest absolute Gasteiger partial charge is 0.460 e. The summed E-state index contributed by atoms with van der Waals surface area (Å²) in [6.07, 6.45) is 1.03. The SMILES string of the molecule is CC(C)(C)OC(=O)CCc1nc2ccccc2s1. The molecule has 96 valence electrons. The van der Waals surface area contributed by atoms with Crippen molar-refractivity contribution in [1.29, 1.82) is 0 Å². The normalized spacial score (nSPS) is 11.7. The van der Waals surface area contributed by atoms with Crippen molar-refractivity contribution in [1.82, 2.24) is 4.98 Å². The maximum Gasteiger partial charge on any atom is 0.306 e. The first-order valence-electron chi connectivity index (χ1n) is 6.00. The molecule has 0 aliphatic carbocycles. The minimum absolute atomic E-state index is 0.165. The van der Waals surface area contributed by atoms with Gasteiger partial charge in [0.2, 0.25) is 0 Å². The lowest BCUT2D eigenvalue weighted by atomic mass is 10.2. The summed E-state index contributed by atoms with van der Waals surface area (Å²) in [6, 6.07) is 8.00. The maximum atomic E-state index is 11.6. The molecular formula is C14H17NO2S. The molecule has 0 fully saturated rings. The molecule has 0 radical (unpaired) electrons. The molecular weight excluding hydrogens is 246 g/mol. The van der Waals surface area contributed by atoms with E-state index in [0.29, 0.717) is 12.8 Å². The zero-order valence-corrected chi connectivity index (χ0v) is 11.7. The van der Waals surface area contributed by atoms with E-state index >= 15 is 0 Å². The molecule has 3 nitrogen and oxygen atoms in total. The zero-order chi connectivity index (χ0) is 13.2. The third-order valence-electron chi connectivity index (χ3n) is 2.30. The molecule has 0 saturated carbocycles. The van der Waals surface area contributed by atoms with Crippen LogP contribution in [-0.4, -0.2) is 16.6 Å². The van der Waals surface area contributed by atoms with Crippen LogP contribution in [0.5, 0.6) is 0 Å². The second-order valence-corrected chi connectivity index (χ2v) is 6.28. The minimum atomic E-state index is -0.412. The monoisotopic (exact) mass is 263 g/mol. The van der Waals surface area contributed by atoms with E-state index in [1.807, 2.05) is 45.0 Å². The van der Waals surface area contributed by atoms with Gasteiger partial charge in [-0.15, -0.1) is 11.3 Å². The summed E-state index contributed by atoms with van der Waals surface area (Å²) in [7, 11) is 0. The standard InChI is InChI=1S/C14H17NO2S/c1-14(2,3)17-13(16)9-8-12-15-10-6-4-5-7-11(10)18-12/h4-7H,8-9H2,1-3H3. The van der Waals surface area contributed by atoms with Crippen LogP contribution in [0.15, 0.2) is 24.3 Å². The molecule has 0 aliphatic rings. The van der Waals surface area contributed by atoms with Crippen LogP contribution < -0.4 is 0 Å². The number of esters is 1. The third-order valence-corrected chi connectivity index (χ3v) is 3.40. The molecule has 0 aliphatic heterocycles. The second-order valence-electron chi connectivity index (χ2n) is 5.16. The van der Waals surface area contributed by atoms with Crippen LogP contribution in [0.4, 0.5) is 0 Å². The van der Waals surface area contributed by atoms with Crippen LogP contribution >= 0.6 is 11.3 Å².